The highest BCUT2D eigenvalue weighted by atomic mass is 35.5. The summed E-state index contributed by atoms with van der Waals surface area (Å²) in [6.07, 6.45) is 3.02. The van der Waals surface area contributed by atoms with E-state index in [2.05, 4.69) is 23.8 Å². The Balaban J connectivity index is 2.10. The van der Waals surface area contributed by atoms with Crippen molar-refractivity contribution in [3.8, 4) is 23.0 Å². The van der Waals surface area contributed by atoms with Crippen LogP contribution in [0.5, 0.6) is 11.8 Å². The van der Waals surface area contributed by atoms with Crippen molar-refractivity contribution in [1.82, 2.24) is 14.5 Å². The van der Waals surface area contributed by atoms with Crippen molar-refractivity contribution in [2.75, 3.05) is 5.75 Å². The summed E-state index contributed by atoms with van der Waals surface area (Å²) < 4.78 is 32.7. The lowest BCUT2D eigenvalue weighted by Crippen LogP contribution is -2.18. The van der Waals surface area contributed by atoms with Gasteiger partial charge in [0.2, 0.25) is 0 Å². The molecule has 0 fully saturated rings. The van der Waals surface area contributed by atoms with Crippen LogP contribution in [-0.4, -0.2) is 28.7 Å². The van der Waals surface area contributed by atoms with Gasteiger partial charge in [-0.1, -0.05) is 44.9 Å². The lowest BCUT2D eigenvalue weighted by molar-refractivity contribution is 0.440. The number of hydrogen-bond acceptors (Lipinski definition) is 6. The molecule has 0 aliphatic carbocycles. The molecule has 0 bridgehead atoms. The maximum Gasteiger partial charge on any atom is 0.322 e. The molecule has 3 rings (SSSR count). The zero-order valence-corrected chi connectivity index (χ0v) is 21.7. The summed E-state index contributed by atoms with van der Waals surface area (Å²) in [5.41, 5.74) is 2.90. The Morgan fingerprint density at radius 2 is 1.88 bits per heavy atom. The van der Waals surface area contributed by atoms with Gasteiger partial charge in [-0.25, -0.2) is 8.42 Å². The van der Waals surface area contributed by atoms with E-state index in [1.54, 1.807) is 38.4 Å². The van der Waals surface area contributed by atoms with Crippen LogP contribution in [0.15, 0.2) is 41.3 Å². The zero-order valence-electron chi connectivity index (χ0n) is 20.1. The third-order valence-electron chi connectivity index (χ3n) is 5.42. The Hall–Kier alpha value is -2.71. The lowest BCUT2D eigenvalue weighted by atomic mass is 10.0. The molecule has 2 heterocycles. The number of rotatable bonds is 9. The largest absolute Gasteiger partial charge is 0.423 e. The van der Waals surface area contributed by atoms with Gasteiger partial charge in [0.15, 0.2) is 9.84 Å². The fourth-order valence-electron chi connectivity index (χ4n) is 3.48. The molecule has 34 heavy (non-hydrogen) atoms. The Morgan fingerprint density at radius 1 is 1.15 bits per heavy atom. The van der Waals surface area contributed by atoms with E-state index in [1.165, 1.54) is 4.57 Å². The van der Waals surface area contributed by atoms with Crippen molar-refractivity contribution < 1.29 is 13.2 Å². The van der Waals surface area contributed by atoms with E-state index in [9.17, 15) is 13.2 Å². The van der Waals surface area contributed by atoms with Crippen LogP contribution in [0.2, 0.25) is 5.02 Å². The minimum atomic E-state index is -3.36. The van der Waals surface area contributed by atoms with Crippen LogP contribution >= 0.6 is 11.6 Å². The minimum absolute atomic E-state index is 0.00694. The second-order valence-electron chi connectivity index (χ2n) is 8.75. The van der Waals surface area contributed by atoms with Crippen LogP contribution in [0.1, 0.15) is 56.4 Å². The highest BCUT2D eigenvalue weighted by Gasteiger charge is 2.18. The summed E-state index contributed by atoms with van der Waals surface area (Å²) in [7, 11) is -1.70. The molecule has 3 aromatic rings. The first kappa shape index (κ1) is 25.9. The van der Waals surface area contributed by atoms with E-state index < -0.39 is 9.84 Å². The number of aromatic nitrogens is 3. The Morgan fingerprint density at radius 3 is 2.53 bits per heavy atom. The third-order valence-corrected chi connectivity index (χ3v) is 7.38. The molecule has 7 nitrogen and oxygen atoms in total. The van der Waals surface area contributed by atoms with Crippen LogP contribution in [0.3, 0.4) is 0 Å². The minimum Gasteiger partial charge on any atom is -0.423 e. The zero-order chi connectivity index (χ0) is 25.0. The van der Waals surface area contributed by atoms with Gasteiger partial charge < -0.3 is 9.30 Å². The molecule has 1 aromatic carbocycles. The number of aryl methyl sites for hydroxylation is 2. The number of halogens is 1. The molecule has 9 heteroatoms. The second-order valence-corrected chi connectivity index (χ2v) is 11.3. The molecule has 0 N–H and O–H groups in total. The summed E-state index contributed by atoms with van der Waals surface area (Å²) in [6.45, 7) is 7.79. The summed E-state index contributed by atoms with van der Waals surface area (Å²) in [6, 6.07) is 8.85. The Bertz CT molecular complexity index is 1320. The molecule has 0 saturated heterocycles. The number of benzene rings is 1. The van der Waals surface area contributed by atoms with E-state index in [1.807, 2.05) is 19.1 Å². The van der Waals surface area contributed by atoms with Crippen LogP contribution in [0.4, 0.5) is 0 Å². The average Bonchev–Trinajstić information content (AvgIpc) is 2.76. The van der Waals surface area contributed by atoms with Crippen LogP contribution in [0, 0.1) is 6.92 Å². The fourth-order valence-corrected chi connectivity index (χ4v) is 5.10. The quantitative estimate of drug-likeness (QED) is 0.386. The molecular weight excluding hydrogens is 474 g/mol. The highest BCUT2D eigenvalue weighted by molar-refractivity contribution is 7.90. The SMILES string of the molecule is CCCCS(=O)(=O)Cc1cc(-c2cc(C)c(=O)n(C)c2)nc(Oc2cc(C(C)C)ccc2Cl)n1. The number of hydrogen-bond donors (Lipinski definition) is 0. The maximum absolute atomic E-state index is 12.6. The lowest BCUT2D eigenvalue weighted by Gasteiger charge is -2.13. The second kappa shape index (κ2) is 10.7. The monoisotopic (exact) mass is 503 g/mol. The number of unbranched alkanes of at least 4 members (excludes halogenated alkanes) is 1. The molecule has 182 valence electrons. The standard InChI is InChI=1S/C25H30ClN3O4S/c1-6-7-10-34(31,32)15-20-13-22(19-11-17(4)24(30)29(5)14-19)28-25(27-20)33-23-12-18(16(2)3)8-9-21(23)26/h8-9,11-14,16H,6-7,10,15H2,1-5H3. The molecule has 0 aliphatic heterocycles. The van der Waals surface area contributed by atoms with Crippen LogP contribution in [0.25, 0.3) is 11.3 Å². The van der Waals surface area contributed by atoms with Gasteiger partial charge in [-0.15, -0.1) is 0 Å². The summed E-state index contributed by atoms with van der Waals surface area (Å²) in [5, 5.41) is 0.397. The first-order chi connectivity index (χ1) is 16.0. The summed E-state index contributed by atoms with van der Waals surface area (Å²) in [4.78, 5) is 21.1. The normalized spacial score (nSPS) is 11.7. The maximum atomic E-state index is 12.6. The summed E-state index contributed by atoms with van der Waals surface area (Å²) in [5.74, 6) is 0.505. The van der Waals surface area contributed by atoms with Gasteiger partial charge in [-0.3, -0.25) is 4.79 Å². The molecular formula is C25H30ClN3O4S. The van der Waals surface area contributed by atoms with Gasteiger partial charge in [0, 0.05) is 24.4 Å². The molecule has 0 atom stereocenters. The van der Waals surface area contributed by atoms with E-state index in [0.29, 0.717) is 39.7 Å². The van der Waals surface area contributed by atoms with Crippen molar-refractivity contribution in [3.05, 3.63) is 68.7 Å². The fraction of sp³-hybridized carbons (Fsp3) is 0.400. The average molecular weight is 504 g/mol. The van der Waals surface area contributed by atoms with E-state index >= 15 is 0 Å². The van der Waals surface area contributed by atoms with Crippen molar-refractivity contribution in [1.29, 1.82) is 0 Å². The molecule has 0 saturated carbocycles. The first-order valence-electron chi connectivity index (χ1n) is 11.2. The number of ether oxygens (including phenoxy) is 1. The van der Waals surface area contributed by atoms with Gasteiger partial charge in [0.25, 0.3) is 5.56 Å². The smallest absolute Gasteiger partial charge is 0.322 e. The molecule has 0 aliphatic rings. The predicted molar refractivity (Wildman–Crippen MR) is 135 cm³/mol. The van der Waals surface area contributed by atoms with Crippen molar-refractivity contribution >= 4 is 21.4 Å². The van der Waals surface area contributed by atoms with Crippen molar-refractivity contribution in [3.63, 3.8) is 0 Å². The van der Waals surface area contributed by atoms with E-state index in [-0.39, 0.29) is 29.0 Å². The first-order valence-corrected chi connectivity index (χ1v) is 13.4. The topological polar surface area (TPSA) is 91.2 Å². The highest BCUT2D eigenvalue weighted by Crippen LogP contribution is 2.32. The van der Waals surface area contributed by atoms with Crippen molar-refractivity contribution in [2.45, 2.75) is 52.2 Å². The number of sulfone groups is 1. The van der Waals surface area contributed by atoms with Crippen LogP contribution < -0.4 is 10.3 Å². The van der Waals surface area contributed by atoms with Gasteiger partial charge in [-0.05, 0) is 49.1 Å². The van der Waals surface area contributed by atoms with Crippen molar-refractivity contribution in [2.24, 2.45) is 7.05 Å². The van der Waals surface area contributed by atoms with E-state index in [0.717, 1.165) is 12.0 Å². The summed E-state index contributed by atoms with van der Waals surface area (Å²) >= 11 is 6.36. The molecule has 2 aromatic heterocycles. The van der Waals surface area contributed by atoms with Crippen LogP contribution in [-0.2, 0) is 22.6 Å². The van der Waals surface area contributed by atoms with Gasteiger partial charge in [0.1, 0.15) is 5.75 Å². The Kier molecular flexibility index (Phi) is 8.15. The predicted octanol–water partition coefficient (Wildman–Crippen LogP) is 5.43. The molecule has 0 radical (unpaired) electrons. The molecule has 0 unspecified atom stereocenters. The third kappa shape index (κ3) is 6.45. The number of nitrogens with zero attached hydrogens (tertiary/aromatic N) is 3. The van der Waals surface area contributed by atoms with Gasteiger partial charge in [-0.2, -0.15) is 9.97 Å². The van der Waals surface area contributed by atoms with E-state index in [4.69, 9.17) is 16.3 Å². The molecule has 0 amide bonds. The van der Waals surface area contributed by atoms with Gasteiger partial charge >= 0.3 is 6.01 Å². The number of pyridine rings is 1. The van der Waals surface area contributed by atoms with Gasteiger partial charge in [0.05, 0.1) is 27.9 Å². The Labute approximate surface area is 205 Å². The molecule has 0 spiro atoms.